The summed E-state index contributed by atoms with van der Waals surface area (Å²) in [4.78, 5) is 12.3. The van der Waals surface area contributed by atoms with Crippen LogP contribution in [0, 0.1) is 6.92 Å². The van der Waals surface area contributed by atoms with Gasteiger partial charge < -0.3 is 11.1 Å². The van der Waals surface area contributed by atoms with Crippen molar-refractivity contribution in [3.05, 3.63) is 89.3 Å². The molecular formula is C22H23N3O3S. The number of aryl methyl sites for hydroxylation is 1. The van der Waals surface area contributed by atoms with Crippen LogP contribution in [0.5, 0.6) is 0 Å². The fourth-order valence-corrected chi connectivity index (χ4v) is 3.80. The summed E-state index contributed by atoms with van der Waals surface area (Å²) in [7, 11) is -3.65. The van der Waals surface area contributed by atoms with Gasteiger partial charge in [-0.3, -0.25) is 9.52 Å². The average Bonchev–Trinajstić information content (AvgIpc) is 2.69. The highest BCUT2D eigenvalue weighted by atomic mass is 32.2. The van der Waals surface area contributed by atoms with E-state index < -0.39 is 10.0 Å². The summed E-state index contributed by atoms with van der Waals surface area (Å²) >= 11 is 0. The minimum Gasteiger partial charge on any atom is -0.400 e. The van der Waals surface area contributed by atoms with Crippen molar-refractivity contribution in [2.24, 2.45) is 5.73 Å². The highest BCUT2D eigenvalue weighted by Gasteiger charge is 2.13. The lowest BCUT2D eigenvalue weighted by Crippen LogP contribution is -2.23. The van der Waals surface area contributed by atoms with Crippen LogP contribution in [0.2, 0.25) is 0 Å². The van der Waals surface area contributed by atoms with Crippen LogP contribution in [-0.4, -0.2) is 14.3 Å². The van der Waals surface area contributed by atoms with Gasteiger partial charge in [-0.2, -0.15) is 0 Å². The molecule has 29 heavy (non-hydrogen) atoms. The maximum Gasteiger partial charge on any atom is 0.261 e. The molecule has 0 saturated carbocycles. The first kappa shape index (κ1) is 20.4. The Balaban J connectivity index is 1.62. The van der Waals surface area contributed by atoms with Crippen molar-refractivity contribution in [3.63, 3.8) is 0 Å². The second-order valence-electron chi connectivity index (χ2n) is 6.74. The van der Waals surface area contributed by atoms with Gasteiger partial charge in [0.25, 0.3) is 10.0 Å². The zero-order chi connectivity index (χ0) is 20.9. The van der Waals surface area contributed by atoms with Gasteiger partial charge in [-0.05, 0) is 61.7 Å². The second-order valence-corrected chi connectivity index (χ2v) is 8.43. The highest BCUT2D eigenvalue weighted by molar-refractivity contribution is 7.92. The van der Waals surface area contributed by atoms with E-state index in [-0.39, 0.29) is 10.8 Å². The number of hydrogen-bond acceptors (Lipinski definition) is 4. The predicted octanol–water partition coefficient (Wildman–Crippen LogP) is 3.45. The second kappa shape index (κ2) is 8.79. The molecule has 1 amide bonds. The minimum atomic E-state index is -3.65. The normalized spacial score (nSPS) is 14.2. The maximum absolute atomic E-state index is 12.4. The third kappa shape index (κ3) is 5.58. The average molecular weight is 410 g/mol. The zero-order valence-electron chi connectivity index (χ0n) is 16.1. The monoisotopic (exact) mass is 409 g/mol. The Labute approximate surface area is 170 Å². The summed E-state index contributed by atoms with van der Waals surface area (Å²) in [5.74, 6) is -0.279. The molecule has 0 fully saturated rings. The van der Waals surface area contributed by atoms with E-state index in [1.807, 2.05) is 13.0 Å². The Kier molecular flexibility index (Phi) is 6.19. The number of carbonyl (C=O) groups excluding carboxylic acids is 1. The first-order valence-corrected chi connectivity index (χ1v) is 10.7. The van der Waals surface area contributed by atoms with Gasteiger partial charge in [0, 0.05) is 17.5 Å². The SMILES string of the molecule is Cc1ccc(S(=O)(=O)Nc2ccc(/C=C/C(=O)NC3=C(N)CCC=C3)cc2)cc1. The molecule has 0 heterocycles. The summed E-state index contributed by atoms with van der Waals surface area (Å²) in [6.07, 6.45) is 8.44. The van der Waals surface area contributed by atoms with Crippen molar-refractivity contribution >= 4 is 27.7 Å². The number of amides is 1. The molecule has 2 aromatic rings. The van der Waals surface area contributed by atoms with Crippen molar-refractivity contribution in [1.29, 1.82) is 0 Å². The number of nitrogens with two attached hydrogens (primary N) is 1. The van der Waals surface area contributed by atoms with E-state index in [9.17, 15) is 13.2 Å². The van der Waals surface area contributed by atoms with E-state index in [0.717, 1.165) is 24.0 Å². The first-order valence-electron chi connectivity index (χ1n) is 9.17. The maximum atomic E-state index is 12.4. The molecule has 0 saturated heterocycles. The van der Waals surface area contributed by atoms with Crippen molar-refractivity contribution in [2.45, 2.75) is 24.7 Å². The fourth-order valence-electron chi connectivity index (χ4n) is 2.74. The Hall–Kier alpha value is -3.32. The summed E-state index contributed by atoms with van der Waals surface area (Å²) in [5.41, 5.74) is 9.38. The molecule has 0 bridgehead atoms. The number of benzene rings is 2. The molecule has 0 radical (unpaired) electrons. The molecule has 1 aliphatic carbocycles. The van der Waals surface area contributed by atoms with E-state index in [2.05, 4.69) is 10.0 Å². The fraction of sp³-hybridized carbons (Fsp3) is 0.136. The molecule has 0 atom stereocenters. The van der Waals surface area contributed by atoms with Crippen LogP contribution in [0.1, 0.15) is 24.0 Å². The van der Waals surface area contributed by atoms with Crippen molar-refractivity contribution in [2.75, 3.05) is 4.72 Å². The van der Waals surface area contributed by atoms with Crippen LogP contribution in [-0.2, 0) is 14.8 Å². The predicted molar refractivity (Wildman–Crippen MR) is 115 cm³/mol. The van der Waals surface area contributed by atoms with E-state index >= 15 is 0 Å². The third-order valence-corrected chi connectivity index (χ3v) is 5.79. The number of rotatable bonds is 6. The van der Waals surface area contributed by atoms with Crippen LogP contribution < -0.4 is 15.8 Å². The molecule has 7 heteroatoms. The van der Waals surface area contributed by atoms with Gasteiger partial charge in [0.05, 0.1) is 10.6 Å². The molecule has 0 aliphatic heterocycles. The Morgan fingerprint density at radius 2 is 1.76 bits per heavy atom. The van der Waals surface area contributed by atoms with Crippen LogP contribution in [0.3, 0.4) is 0 Å². The molecule has 4 N–H and O–H groups in total. The first-order chi connectivity index (χ1) is 13.8. The number of sulfonamides is 1. The lowest BCUT2D eigenvalue weighted by atomic mass is 10.1. The summed E-state index contributed by atoms with van der Waals surface area (Å²) in [6, 6.07) is 13.4. The van der Waals surface area contributed by atoms with Gasteiger partial charge in [0.1, 0.15) is 0 Å². The molecule has 3 rings (SSSR count). The molecule has 0 aromatic heterocycles. The number of anilines is 1. The molecule has 6 nitrogen and oxygen atoms in total. The third-order valence-electron chi connectivity index (χ3n) is 4.39. The van der Waals surface area contributed by atoms with E-state index in [0.29, 0.717) is 17.1 Å². The largest absolute Gasteiger partial charge is 0.400 e. The molecular weight excluding hydrogens is 386 g/mol. The standard InChI is InChI=1S/C22H23N3O3S/c1-16-6-13-19(14-7-16)29(27,28)25-18-11-8-17(9-12-18)10-15-22(26)24-21-5-3-2-4-20(21)23/h3,5-15,25H,2,4,23H2,1H3,(H,24,26)/b15-10+. The molecule has 0 spiro atoms. The molecule has 2 aromatic carbocycles. The molecule has 0 unspecified atom stereocenters. The van der Waals surface area contributed by atoms with E-state index in [1.54, 1.807) is 60.7 Å². The number of nitrogens with one attached hydrogen (secondary N) is 2. The summed E-state index contributed by atoms with van der Waals surface area (Å²) in [5, 5.41) is 2.75. The highest BCUT2D eigenvalue weighted by Crippen LogP contribution is 2.18. The molecule has 1 aliphatic rings. The Morgan fingerprint density at radius 3 is 2.41 bits per heavy atom. The topological polar surface area (TPSA) is 101 Å². The van der Waals surface area contributed by atoms with Gasteiger partial charge >= 0.3 is 0 Å². The van der Waals surface area contributed by atoms with Crippen molar-refractivity contribution < 1.29 is 13.2 Å². The number of allylic oxidation sites excluding steroid dienone is 3. The van der Waals surface area contributed by atoms with Gasteiger partial charge in [-0.1, -0.05) is 35.9 Å². The van der Waals surface area contributed by atoms with Crippen LogP contribution >= 0.6 is 0 Å². The quantitative estimate of drug-likeness (QED) is 0.636. The van der Waals surface area contributed by atoms with Gasteiger partial charge in [0.2, 0.25) is 5.91 Å². The number of hydrogen-bond donors (Lipinski definition) is 3. The van der Waals surface area contributed by atoms with Crippen LogP contribution in [0.15, 0.2) is 83.0 Å². The number of carbonyl (C=O) groups is 1. The lowest BCUT2D eigenvalue weighted by molar-refractivity contribution is -0.115. The smallest absolute Gasteiger partial charge is 0.261 e. The van der Waals surface area contributed by atoms with Crippen molar-refractivity contribution in [3.8, 4) is 0 Å². The van der Waals surface area contributed by atoms with Crippen LogP contribution in [0.4, 0.5) is 5.69 Å². The Morgan fingerprint density at radius 1 is 1.07 bits per heavy atom. The molecule has 150 valence electrons. The minimum absolute atomic E-state index is 0.203. The van der Waals surface area contributed by atoms with Gasteiger partial charge in [-0.15, -0.1) is 0 Å². The van der Waals surface area contributed by atoms with Gasteiger partial charge in [0.15, 0.2) is 0 Å². The van der Waals surface area contributed by atoms with E-state index in [1.165, 1.54) is 6.08 Å². The van der Waals surface area contributed by atoms with Gasteiger partial charge in [-0.25, -0.2) is 8.42 Å². The zero-order valence-corrected chi connectivity index (χ0v) is 16.9. The van der Waals surface area contributed by atoms with Crippen molar-refractivity contribution in [1.82, 2.24) is 5.32 Å². The summed E-state index contributed by atoms with van der Waals surface area (Å²) < 4.78 is 27.4. The van der Waals surface area contributed by atoms with E-state index in [4.69, 9.17) is 5.73 Å². The van der Waals surface area contributed by atoms with Crippen LogP contribution in [0.25, 0.3) is 6.08 Å². The Bertz CT molecular complexity index is 1080. The summed E-state index contributed by atoms with van der Waals surface area (Å²) in [6.45, 7) is 1.90. The lowest BCUT2D eigenvalue weighted by Gasteiger charge is -2.12.